The van der Waals surface area contributed by atoms with Crippen molar-refractivity contribution >= 4 is 22.2 Å². The van der Waals surface area contributed by atoms with Gasteiger partial charge < -0.3 is 24.8 Å². The first-order valence-electron chi connectivity index (χ1n) is 15.1. The zero-order chi connectivity index (χ0) is 29.6. The normalized spacial score (nSPS) is 22.6. The Bertz CT molecular complexity index is 1490. The predicted molar refractivity (Wildman–Crippen MR) is 165 cm³/mol. The first-order chi connectivity index (χ1) is 20.2. The third-order valence-corrected chi connectivity index (χ3v) is 10.5. The van der Waals surface area contributed by atoms with E-state index < -0.39 is 0 Å². The van der Waals surface area contributed by atoms with Gasteiger partial charge in [0.1, 0.15) is 23.0 Å². The van der Waals surface area contributed by atoms with E-state index in [9.17, 15) is 5.26 Å². The number of nitrogens with zero attached hydrogens (tertiary/aromatic N) is 7. The van der Waals surface area contributed by atoms with Gasteiger partial charge in [-0.05, 0) is 91.5 Å². The summed E-state index contributed by atoms with van der Waals surface area (Å²) in [6.45, 7) is 4.92. The summed E-state index contributed by atoms with van der Waals surface area (Å²) in [6.07, 6.45) is 7.90. The van der Waals surface area contributed by atoms with Gasteiger partial charge in [-0.1, -0.05) is 5.16 Å². The van der Waals surface area contributed by atoms with Crippen LogP contribution in [0.2, 0.25) is 0 Å². The molecular weight excluding hydrogens is 548 g/mol. The van der Waals surface area contributed by atoms with E-state index >= 15 is 0 Å². The highest BCUT2D eigenvalue weighted by atomic mass is 32.1. The van der Waals surface area contributed by atoms with Crippen LogP contribution in [0.3, 0.4) is 0 Å². The molecule has 11 heteroatoms. The summed E-state index contributed by atoms with van der Waals surface area (Å²) in [7, 11) is 8.35. The first kappa shape index (κ1) is 28.9. The van der Waals surface area contributed by atoms with Gasteiger partial charge in [0.05, 0.1) is 11.0 Å². The molecule has 1 spiro atoms. The van der Waals surface area contributed by atoms with Gasteiger partial charge in [-0.2, -0.15) is 10.2 Å². The van der Waals surface area contributed by atoms with E-state index in [1.54, 1.807) is 11.3 Å². The van der Waals surface area contributed by atoms with Crippen molar-refractivity contribution in [1.82, 2.24) is 24.9 Å². The molecule has 4 heterocycles. The average Bonchev–Trinajstić information content (AvgIpc) is 3.68. The van der Waals surface area contributed by atoms with Crippen molar-refractivity contribution < 1.29 is 9.26 Å². The highest BCUT2D eigenvalue weighted by molar-refractivity contribution is 7.16. The summed E-state index contributed by atoms with van der Waals surface area (Å²) in [5.74, 6) is 2.73. The zero-order valence-corrected chi connectivity index (χ0v) is 26.3. The lowest BCUT2D eigenvalue weighted by Crippen LogP contribution is -2.38. The number of nitrogen functional groups attached to an aromatic ring is 1. The molecule has 224 valence electrons. The summed E-state index contributed by atoms with van der Waals surface area (Å²) in [5, 5.41) is 15.3. The molecular formula is C31H42N8O2S. The number of likely N-dealkylation sites (N-methyl/N-ethyl adjacent to an activating group) is 3. The highest BCUT2D eigenvalue weighted by Crippen LogP contribution is 2.55. The lowest BCUT2D eigenvalue weighted by molar-refractivity contribution is 0.117. The summed E-state index contributed by atoms with van der Waals surface area (Å²) >= 11 is 1.56. The Hall–Kier alpha value is -3.20. The van der Waals surface area contributed by atoms with E-state index in [1.807, 2.05) is 6.07 Å². The molecule has 3 aromatic heterocycles. The van der Waals surface area contributed by atoms with Gasteiger partial charge in [0.25, 0.3) is 0 Å². The number of nitrogens with two attached hydrogens (primary N) is 1. The van der Waals surface area contributed by atoms with E-state index in [4.69, 9.17) is 25.0 Å². The smallest absolute Gasteiger partial charge is 0.219 e. The molecule has 0 radical (unpaired) electrons. The fraction of sp³-hybridized carbons (Fsp3) is 0.613. The second-order valence-corrected chi connectivity index (χ2v) is 13.6. The molecule has 3 aromatic rings. The number of aryl methyl sites for hydroxylation is 1. The Morgan fingerprint density at radius 1 is 1.21 bits per heavy atom. The second kappa shape index (κ2) is 11.5. The number of likely N-dealkylation sites (tertiary alicyclic amines) is 1. The molecule has 1 saturated heterocycles. The largest absolute Gasteiger partial charge is 0.473 e. The molecule has 3 aliphatic rings. The highest BCUT2D eigenvalue weighted by Gasteiger charge is 2.48. The van der Waals surface area contributed by atoms with Gasteiger partial charge in [-0.3, -0.25) is 4.90 Å². The molecule has 0 aromatic carbocycles. The number of anilines is 2. The minimum absolute atomic E-state index is 0.0104. The van der Waals surface area contributed by atoms with Crippen molar-refractivity contribution in [2.45, 2.75) is 75.9 Å². The Balaban J connectivity index is 1.41. The second-order valence-electron chi connectivity index (χ2n) is 12.5. The summed E-state index contributed by atoms with van der Waals surface area (Å²) < 4.78 is 12.8. The van der Waals surface area contributed by atoms with Gasteiger partial charge in [0.15, 0.2) is 17.3 Å². The minimum Gasteiger partial charge on any atom is -0.473 e. The maximum atomic E-state index is 10.1. The lowest BCUT2D eigenvalue weighted by Gasteiger charge is -2.39. The Labute approximate surface area is 252 Å². The van der Waals surface area contributed by atoms with Crippen molar-refractivity contribution in [3.05, 3.63) is 33.4 Å². The van der Waals surface area contributed by atoms with Crippen LogP contribution in [0.1, 0.15) is 72.8 Å². The van der Waals surface area contributed by atoms with Gasteiger partial charge in [-0.25, -0.2) is 4.98 Å². The molecule has 0 saturated carbocycles. The number of hydrogen-bond donors (Lipinski definition) is 1. The fourth-order valence-electron chi connectivity index (χ4n) is 7.25. The minimum atomic E-state index is -0.382. The first-order valence-corrected chi connectivity index (χ1v) is 16.0. The number of nitriles is 1. The Morgan fingerprint density at radius 2 is 2.00 bits per heavy atom. The van der Waals surface area contributed by atoms with Crippen molar-refractivity contribution in [1.29, 1.82) is 5.26 Å². The van der Waals surface area contributed by atoms with Gasteiger partial charge in [0, 0.05) is 42.7 Å². The van der Waals surface area contributed by atoms with Crippen LogP contribution in [0, 0.1) is 11.3 Å². The number of rotatable bonds is 8. The predicted octanol–water partition coefficient (Wildman–Crippen LogP) is 4.46. The topological polar surface area (TPSA) is 121 Å². The van der Waals surface area contributed by atoms with Gasteiger partial charge in [0.2, 0.25) is 5.88 Å². The standard InChI is InChI=1S/C31H42N8O2S/c1-19(22-10-8-14-38(22)4)40-25-17-24(39(5)16-15-37(2)3)34-30(35-25)27-20-9-6-12-31(28(20)41-36-27)13-7-11-23-26(31)21(18-32)29(33)42-23/h17,19,22H,6-16,33H2,1-5H3/t19-,22-,31-/m0/s1. The van der Waals surface area contributed by atoms with Crippen LogP contribution in [0.5, 0.6) is 5.88 Å². The maximum absolute atomic E-state index is 10.1. The van der Waals surface area contributed by atoms with Crippen molar-refractivity contribution in [2.75, 3.05) is 58.5 Å². The third-order valence-electron chi connectivity index (χ3n) is 9.46. The number of ether oxygens (including phenoxy) is 1. The number of thiophene rings is 1. The van der Waals surface area contributed by atoms with Gasteiger partial charge in [-0.15, -0.1) is 11.3 Å². The van der Waals surface area contributed by atoms with Crippen LogP contribution in [0.25, 0.3) is 11.5 Å². The van der Waals surface area contributed by atoms with E-state index in [0.717, 1.165) is 87.3 Å². The quantitative estimate of drug-likeness (QED) is 0.402. The molecule has 6 rings (SSSR count). The Kier molecular flexibility index (Phi) is 7.89. The van der Waals surface area contributed by atoms with E-state index in [-0.39, 0.29) is 11.5 Å². The summed E-state index contributed by atoms with van der Waals surface area (Å²) in [4.78, 5) is 17.8. The zero-order valence-electron chi connectivity index (χ0n) is 25.4. The van der Waals surface area contributed by atoms with Crippen LogP contribution < -0.4 is 15.4 Å². The summed E-state index contributed by atoms with van der Waals surface area (Å²) in [6, 6.07) is 4.70. The fourth-order valence-corrected chi connectivity index (χ4v) is 8.42. The number of hydrogen-bond acceptors (Lipinski definition) is 11. The molecule has 2 aliphatic carbocycles. The molecule has 1 aliphatic heterocycles. The van der Waals surface area contributed by atoms with E-state index in [0.29, 0.717) is 34.0 Å². The SMILES string of the molecule is C[C@H](Oc1cc(N(C)CCN(C)C)nc(-c2noc3c2CCC[C@@]32CCCc3sc(N)c(C#N)c32)n1)[C@@H]1CCCN1C. The van der Waals surface area contributed by atoms with Crippen LogP contribution in [-0.2, 0) is 18.3 Å². The molecule has 42 heavy (non-hydrogen) atoms. The molecule has 1 fully saturated rings. The third kappa shape index (κ3) is 5.03. The maximum Gasteiger partial charge on any atom is 0.219 e. The Morgan fingerprint density at radius 3 is 2.71 bits per heavy atom. The lowest BCUT2D eigenvalue weighted by atomic mass is 9.63. The van der Waals surface area contributed by atoms with Crippen molar-refractivity contribution in [3.8, 4) is 23.5 Å². The van der Waals surface area contributed by atoms with Crippen LogP contribution in [0.4, 0.5) is 10.8 Å². The molecule has 0 bridgehead atoms. The molecule has 0 amide bonds. The number of fused-ring (bicyclic) bond motifs is 4. The monoisotopic (exact) mass is 590 g/mol. The number of aromatic nitrogens is 3. The molecule has 3 atom stereocenters. The van der Waals surface area contributed by atoms with E-state index in [2.05, 4.69) is 61.0 Å². The van der Waals surface area contributed by atoms with Crippen LogP contribution in [-0.4, -0.2) is 84.9 Å². The summed E-state index contributed by atoms with van der Waals surface area (Å²) in [5.41, 5.74) is 9.37. The van der Waals surface area contributed by atoms with Gasteiger partial charge >= 0.3 is 0 Å². The molecule has 0 unspecified atom stereocenters. The van der Waals surface area contributed by atoms with Crippen LogP contribution in [0.15, 0.2) is 10.6 Å². The average molecular weight is 591 g/mol. The van der Waals surface area contributed by atoms with Crippen LogP contribution >= 0.6 is 11.3 Å². The van der Waals surface area contributed by atoms with Crippen molar-refractivity contribution in [3.63, 3.8) is 0 Å². The van der Waals surface area contributed by atoms with Crippen molar-refractivity contribution in [2.24, 2.45) is 0 Å². The molecule has 2 N–H and O–H groups in total. The molecule has 10 nitrogen and oxygen atoms in total. The van der Waals surface area contributed by atoms with E-state index in [1.165, 1.54) is 11.3 Å².